The van der Waals surface area contributed by atoms with Gasteiger partial charge in [-0.3, -0.25) is 14.7 Å². The van der Waals surface area contributed by atoms with Crippen LogP contribution in [0.5, 0.6) is 0 Å². The summed E-state index contributed by atoms with van der Waals surface area (Å²) in [5.41, 5.74) is 3.33. The van der Waals surface area contributed by atoms with E-state index in [9.17, 15) is 4.79 Å². The highest BCUT2D eigenvalue weighted by atomic mass is 16.3. The number of nitrogens with one attached hydrogen (secondary N) is 1. The van der Waals surface area contributed by atoms with Crippen molar-refractivity contribution in [2.75, 3.05) is 19.6 Å². The van der Waals surface area contributed by atoms with E-state index in [-0.39, 0.29) is 5.91 Å². The maximum Gasteiger partial charge on any atom is 0.287 e. The summed E-state index contributed by atoms with van der Waals surface area (Å²) in [6.07, 6.45) is 9.51. The number of amides is 1. The normalized spacial score (nSPS) is 23.9. The maximum absolute atomic E-state index is 12.3. The molecule has 3 aliphatic heterocycles. The lowest BCUT2D eigenvalue weighted by molar-refractivity contribution is 0.0288. The number of hydrogen-bond acceptors (Lipinski definition) is 6. The molecule has 7 heteroatoms. The average molecular weight is 460 g/mol. The zero-order valence-corrected chi connectivity index (χ0v) is 20.0. The van der Waals surface area contributed by atoms with Gasteiger partial charge in [0.1, 0.15) is 0 Å². The predicted molar refractivity (Wildman–Crippen MR) is 130 cm³/mol. The Balaban J connectivity index is 1.36. The Morgan fingerprint density at radius 2 is 2.03 bits per heavy atom. The van der Waals surface area contributed by atoms with Gasteiger partial charge in [0.2, 0.25) is 0 Å². The summed E-state index contributed by atoms with van der Waals surface area (Å²) in [5.74, 6) is 2.42. The van der Waals surface area contributed by atoms with Crippen molar-refractivity contribution >= 4 is 5.91 Å². The molecule has 2 bridgehead atoms. The Labute approximate surface area is 201 Å². The van der Waals surface area contributed by atoms with E-state index in [1.54, 1.807) is 24.5 Å². The maximum atomic E-state index is 12.3. The number of nitrogens with zero attached hydrogens (tertiary/aromatic N) is 4. The first-order valence-electron chi connectivity index (χ1n) is 12.5. The minimum absolute atomic E-state index is 0.142. The van der Waals surface area contributed by atoms with Gasteiger partial charge in [-0.25, -0.2) is 9.97 Å². The largest absolute Gasteiger partial charge is 0.459 e. The first kappa shape index (κ1) is 22.7. The van der Waals surface area contributed by atoms with Gasteiger partial charge < -0.3 is 9.73 Å². The van der Waals surface area contributed by atoms with Crippen LogP contribution in [0.2, 0.25) is 0 Å². The summed E-state index contributed by atoms with van der Waals surface area (Å²) in [4.78, 5) is 29.1. The number of carbonyl (C=O) groups excluding carboxylic acids is 1. The minimum atomic E-state index is -0.142. The van der Waals surface area contributed by atoms with Crippen molar-refractivity contribution < 1.29 is 9.21 Å². The van der Waals surface area contributed by atoms with Crippen LogP contribution >= 0.6 is 0 Å². The van der Waals surface area contributed by atoms with Crippen LogP contribution in [0.15, 0.2) is 53.4 Å². The molecule has 34 heavy (non-hydrogen) atoms. The summed E-state index contributed by atoms with van der Waals surface area (Å²) in [6.45, 7) is 7.16. The molecule has 3 aromatic heterocycles. The Hall–Kier alpha value is -3.06. The fourth-order valence-corrected chi connectivity index (χ4v) is 5.61. The van der Waals surface area contributed by atoms with E-state index in [4.69, 9.17) is 14.4 Å². The van der Waals surface area contributed by atoms with Gasteiger partial charge in [-0.2, -0.15) is 0 Å². The van der Waals surface area contributed by atoms with Crippen LogP contribution in [0.4, 0.5) is 0 Å². The highest BCUT2D eigenvalue weighted by Crippen LogP contribution is 2.42. The molecule has 3 aliphatic rings. The highest BCUT2D eigenvalue weighted by molar-refractivity contribution is 5.91. The van der Waals surface area contributed by atoms with Gasteiger partial charge in [-0.15, -0.1) is 0 Å². The zero-order valence-electron chi connectivity index (χ0n) is 20.0. The van der Waals surface area contributed by atoms with Crippen molar-refractivity contribution in [2.24, 2.45) is 5.92 Å². The molecule has 1 amide bonds. The molecular formula is C27H33N5O2. The van der Waals surface area contributed by atoms with Gasteiger partial charge in [0.25, 0.3) is 5.91 Å². The second-order valence-electron chi connectivity index (χ2n) is 9.52. The molecule has 3 saturated heterocycles. The van der Waals surface area contributed by atoms with Gasteiger partial charge in [-0.05, 0) is 68.5 Å². The fourth-order valence-electron chi connectivity index (χ4n) is 5.61. The second kappa shape index (κ2) is 10.1. The summed E-state index contributed by atoms with van der Waals surface area (Å²) in [6, 6.07) is 10.0. The molecule has 0 aromatic carbocycles. The number of aromatic nitrogens is 3. The number of piperidine rings is 3. The number of carbonyl (C=O) groups is 1. The lowest BCUT2D eigenvalue weighted by atomic mass is 9.74. The molecular weight excluding hydrogens is 426 g/mol. The van der Waals surface area contributed by atoms with Crippen LogP contribution in [0.1, 0.15) is 73.3 Å². The highest BCUT2D eigenvalue weighted by Gasteiger charge is 2.41. The lowest BCUT2D eigenvalue weighted by Gasteiger charge is -2.49. The van der Waals surface area contributed by atoms with Crippen molar-refractivity contribution in [2.45, 2.75) is 57.4 Å². The van der Waals surface area contributed by atoms with Gasteiger partial charge in [0.05, 0.1) is 6.26 Å². The van der Waals surface area contributed by atoms with Crippen molar-refractivity contribution in [3.8, 4) is 11.4 Å². The Kier molecular flexibility index (Phi) is 6.72. The van der Waals surface area contributed by atoms with E-state index in [1.165, 1.54) is 12.7 Å². The van der Waals surface area contributed by atoms with Crippen LogP contribution in [0.3, 0.4) is 0 Å². The van der Waals surface area contributed by atoms with Gasteiger partial charge in [0, 0.05) is 60.3 Å². The molecule has 3 aromatic rings. The molecule has 6 heterocycles. The van der Waals surface area contributed by atoms with Gasteiger partial charge in [-0.1, -0.05) is 13.8 Å². The standard InChI is InChI=1S/C27H33N5O2/c1-3-18(4-2)23-15-24(31-26(30-23)19-7-10-28-11-8-19)22-17-32-12-9-20(22)14-21(32)16-29-27(33)25-6-5-13-34-25/h5-8,10-11,13,15,18,20-22H,3-4,9,12,14,16-17H2,1-2H3,(H,29,33). The third-order valence-corrected chi connectivity index (χ3v) is 7.61. The van der Waals surface area contributed by atoms with E-state index in [1.807, 2.05) is 12.1 Å². The van der Waals surface area contributed by atoms with Gasteiger partial charge in [0.15, 0.2) is 11.6 Å². The fraction of sp³-hybridized carbons (Fsp3) is 0.481. The molecule has 4 unspecified atom stereocenters. The summed E-state index contributed by atoms with van der Waals surface area (Å²) in [5, 5.41) is 3.06. The van der Waals surface area contributed by atoms with E-state index in [0.29, 0.717) is 36.1 Å². The average Bonchev–Trinajstić information content (AvgIpc) is 3.44. The van der Waals surface area contributed by atoms with Crippen molar-refractivity contribution in [1.82, 2.24) is 25.2 Å². The third kappa shape index (κ3) is 4.62. The molecule has 0 radical (unpaired) electrons. The smallest absolute Gasteiger partial charge is 0.287 e. The van der Waals surface area contributed by atoms with Gasteiger partial charge >= 0.3 is 0 Å². The van der Waals surface area contributed by atoms with Crippen molar-refractivity contribution in [3.05, 3.63) is 66.1 Å². The number of pyridine rings is 1. The number of fused-ring (bicyclic) bond motifs is 3. The van der Waals surface area contributed by atoms with Crippen LogP contribution in [-0.2, 0) is 0 Å². The lowest BCUT2D eigenvalue weighted by Crippen LogP contribution is -2.56. The molecule has 6 rings (SSSR count). The summed E-state index contributed by atoms with van der Waals surface area (Å²) < 4.78 is 5.22. The van der Waals surface area contributed by atoms with Crippen LogP contribution < -0.4 is 5.32 Å². The van der Waals surface area contributed by atoms with E-state index >= 15 is 0 Å². The number of rotatable bonds is 8. The molecule has 7 nitrogen and oxygen atoms in total. The topological polar surface area (TPSA) is 84.2 Å². The van der Waals surface area contributed by atoms with E-state index in [0.717, 1.165) is 55.1 Å². The predicted octanol–water partition coefficient (Wildman–Crippen LogP) is 4.64. The minimum Gasteiger partial charge on any atom is -0.459 e. The van der Waals surface area contributed by atoms with Crippen molar-refractivity contribution in [1.29, 1.82) is 0 Å². The Morgan fingerprint density at radius 1 is 1.21 bits per heavy atom. The Bertz CT molecular complexity index is 1100. The molecule has 0 aliphatic carbocycles. The van der Waals surface area contributed by atoms with Crippen LogP contribution in [0, 0.1) is 5.92 Å². The molecule has 0 saturated carbocycles. The van der Waals surface area contributed by atoms with Crippen LogP contribution in [-0.4, -0.2) is 51.4 Å². The monoisotopic (exact) mass is 459 g/mol. The molecule has 178 valence electrons. The molecule has 3 fully saturated rings. The summed E-state index contributed by atoms with van der Waals surface area (Å²) in [7, 11) is 0. The molecule has 4 atom stereocenters. The quantitative estimate of drug-likeness (QED) is 0.528. The number of hydrogen-bond donors (Lipinski definition) is 1. The first-order chi connectivity index (χ1) is 16.7. The third-order valence-electron chi connectivity index (χ3n) is 7.61. The SMILES string of the molecule is CCC(CC)c1cc(C2CN3CCC2CC3CNC(=O)c2ccco2)nc(-c2ccncc2)n1. The summed E-state index contributed by atoms with van der Waals surface area (Å²) >= 11 is 0. The second-order valence-corrected chi connectivity index (χ2v) is 9.52. The molecule has 0 spiro atoms. The first-order valence-corrected chi connectivity index (χ1v) is 12.5. The van der Waals surface area contributed by atoms with Crippen molar-refractivity contribution in [3.63, 3.8) is 0 Å². The van der Waals surface area contributed by atoms with E-state index < -0.39 is 0 Å². The number of furan rings is 1. The Morgan fingerprint density at radius 3 is 2.71 bits per heavy atom. The zero-order chi connectivity index (χ0) is 23.5. The molecule has 1 N–H and O–H groups in total. The van der Waals surface area contributed by atoms with Crippen LogP contribution in [0.25, 0.3) is 11.4 Å². The van der Waals surface area contributed by atoms with E-state index in [2.05, 4.69) is 35.1 Å².